The smallest absolute Gasteiger partial charge is 0.0866 e. The van der Waals surface area contributed by atoms with Crippen molar-refractivity contribution in [2.24, 2.45) is 5.73 Å². The van der Waals surface area contributed by atoms with Crippen LogP contribution in [0.1, 0.15) is 6.92 Å². The van der Waals surface area contributed by atoms with Gasteiger partial charge in [-0.1, -0.05) is 0 Å². The number of nitrogens with two attached hydrogens (primary N) is 1. The van der Waals surface area contributed by atoms with Crippen molar-refractivity contribution in [3.8, 4) is 0 Å². The summed E-state index contributed by atoms with van der Waals surface area (Å²) in [6.45, 7) is 2.58. The van der Waals surface area contributed by atoms with Gasteiger partial charge in [-0.25, -0.2) is 0 Å². The van der Waals surface area contributed by atoms with Crippen LogP contribution in [0, 0.1) is 0 Å². The first-order valence-electron chi connectivity index (χ1n) is 3.41. The largest absolute Gasteiger partial charge is 0.390 e. The molecule has 1 rings (SSSR count). The fourth-order valence-corrected chi connectivity index (χ4v) is 1.02. The van der Waals surface area contributed by atoms with Crippen molar-refractivity contribution in [1.29, 1.82) is 0 Å². The molecule has 60 valence electrons. The van der Waals surface area contributed by atoms with Gasteiger partial charge in [0.15, 0.2) is 0 Å². The number of rotatable bonds is 0. The van der Waals surface area contributed by atoms with E-state index in [9.17, 15) is 10.2 Å². The lowest BCUT2D eigenvalue weighted by molar-refractivity contribution is -0.0231. The normalized spacial score (nSPS) is 49.2. The zero-order valence-electron chi connectivity index (χ0n) is 6.04. The standard InChI is InChI=1S/C6H14N2O2/c1-6(7)4(9)2-8-3-5(6)10/h4-5,8-10H,2-3,7H2,1H3/t4-,5+,6+. The van der Waals surface area contributed by atoms with Crippen LogP contribution in [0.3, 0.4) is 0 Å². The Kier molecular flexibility index (Phi) is 1.96. The van der Waals surface area contributed by atoms with E-state index in [-0.39, 0.29) is 0 Å². The zero-order chi connectivity index (χ0) is 7.78. The van der Waals surface area contributed by atoms with Crippen LogP contribution in [0.15, 0.2) is 0 Å². The molecule has 1 fully saturated rings. The average molecular weight is 146 g/mol. The molecule has 1 saturated heterocycles. The minimum absolute atomic E-state index is 0.462. The molecule has 1 aliphatic rings. The molecule has 0 saturated carbocycles. The lowest BCUT2D eigenvalue weighted by Gasteiger charge is -2.39. The third-order valence-electron chi connectivity index (χ3n) is 2.11. The van der Waals surface area contributed by atoms with Gasteiger partial charge in [-0.05, 0) is 6.92 Å². The molecule has 1 heterocycles. The number of aliphatic hydroxyl groups excluding tert-OH is 2. The Balaban J connectivity index is 2.63. The van der Waals surface area contributed by atoms with Crippen LogP contribution in [-0.4, -0.2) is 41.0 Å². The van der Waals surface area contributed by atoms with Crippen LogP contribution in [0.4, 0.5) is 0 Å². The number of nitrogens with one attached hydrogen (secondary N) is 1. The van der Waals surface area contributed by atoms with Crippen LogP contribution in [-0.2, 0) is 0 Å². The molecule has 10 heavy (non-hydrogen) atoms. The van der Waals surface area contributed by atoms with Crippen molar-refractivity contribution in [3.05, 3.63) is 0 Å². The second-order valence-corrected chi connectivity index (χ2v) is 3.06. The average Bonchev–Trinajstić information content (AvgIpc) is 1.84. The monoisotopic (exact) mass is 146 g/mol. The quantitative estimate of drug-likeness (QED) is 0.319. The molecular weight excluding hydrogens is 132 g/mol. The van der Waals surface area contributed by atoms with Gasteiger partial charge in [-0.3, -0.25) is 0 Å². The van der Waals surface area contributed by atoms with E-state index in [1.165, 1.54) is 0 Å². The van der Waals surface area contributed by atoms with Gasteiger partial charge >= 0.3 is 0 Å². The lowest BCUT2D eigenvalue weighted by Crippen LogP contribution is -2.66. The second kappa shape index (κ2) is 2.47. The molecule has 0 aromatic rings. The van der Waals surface area contributed by atoms with Crippen molar-refractivity contribution in [2.75, 3.05) is 13.1 Å². The van der Waals surface area contributed by atoms with Crippen molar-refractivity contribution < 1.29 is 10.2 Å². The fraction of sp³-hybridized carbons (Fsp3) is 1.00. The molecule has 4 heteroatoms. The first kappa shape index (κ1) is 7.94. The number of hydrogen-bond donors (Lipinski definition) is 4. The van der Waals surface area contributed by atoms with Gasteiger partial charge in [-0.15, -0.1) is 0 Å². The summed E-state index contributed by atoms with van der Waals surface area (Å²) in [5.41, 5.74) is 4.77. The summed E-state index contributed by atoms with van der Waals surface area (Å²) in [6.07, 6.45) is -1.31. The van der Waals surface area contributed by atoms with Gasteiger partial charge in [-0.2, -0.15) is 0 Å². The number of β-amino-alcohol motifs (C(OH)–C–C–N with tert-alkyl or cyclic N) is 2. The Bertz CT molecular complexity index is 115. The van der Waals surface area contributed by atoms with Crippen LogP contribution < -0.4 is 11.1 Å². The van der Waals surface area contributed by atoms with E-state index in [4.69, 9.17) is 5.73 Å². The van der Waals surface area contributed by atoms with Gasteiger partial charge in [0, 0.05) is 13.1 Å². The summed E-state index contributed by atoms with van der Waals surface area (Å²) in [7, 11) is 0. The van der Waals surface area contributed by atoms with Crippen LogP contribution >= 0.6 is 0 Å². The third kappa shape index (κ3) is 1.15. The summed E-state index contributed by atoms with van der Waals surface area (Å²) >= 11 is 0. The lowest BCUT2D eigenvalue weighted by atomic mass is 9.86. The Labute approximate surface area is 60.0 Å². The topological polar surface area (TPSA) is 78.5 Å². The van der Waals surface area contributed by atoms with Crippen molar-refractivity contribution >= 4 is 0 Å². The highest BCUT2D eigenvalue weighted by Gasteiger charge is 2.38. The van der Waals surface area contributed by atoms with Gasteiger partial charge in [0.05, 0.1) is 17.7 Å². The van der Waals surface area contributed by atoms with E-state index in [2.05, 4.69) is 5.32 Å². The highest BCUT2D eigenvalue weighted by atomic mass is 16.3. The maximum absolute atomic E-state index is 9.26. The van der Waals surface area contributed by atoms with E-state index in [1.54, 1.807) is 6.92 Å². The first-order chi connectivity index (χ1) is 4.55. The fourth-order valence-electron chi connectivity index (χ4n) is 1.02. The second-order valence-electron chi connectivity index (χ2n) is 3.06. The SMILES string of the molecule is C[C@]1(N)[C@H](O)CNC[C@@H]1O. The van der Waals surface area contributed by atoms with E-state index in [1.807, 2.05) is 0 Å². The molecule has 0 bridgehead atoms. The molecule has 0 unspecified atom stereocenters. The molecule has 0 aromatic carbocycles. The van der Waals surface area contributed by atoms with Gasteiger partial charge in [0.2, 0.25) is 0 Å². The Morgan fingerprint density at radius 2 is 1.80 bits per heavy atom. The predicted molar refractivity (Wildman–Crippen MR) is 37.5 cm³/mol. The van der Waals surface area contributed by atoms with Gasteiger partial charge in [0.1, 0.15) is 0 Å². The molecule has 0 aliphatic carbocycles. The number of aliphatic hydroxyl groups is 2. The summed E-state index contributed by atoms with van der Waals surface area (Å²) in [6, 6.07) is 0. The van der Waals surface area contributed by atoms with Crippen LogP contribution in [0.5, 0.6) is 0 Å². The molecular formula is C6H14N2O2. The highest BCUT2D eigenvalue weighted by Crippen LogP contribution is 2.14. The molecule has 0 spiro atoms. The molecule has 3 atom stereocenters. The maximum Gasteiger partial charge on any atom is 0.0866 e. The van der Waals surface area contributed by atoms with Crippen molar-refractivity contribution in [2.45, 2.75) is 24.7 Å². The molecule has 5 N–H and O–H groups in total. The molecule has 0 amide bonds. The minimum Gasteiger partial charge on any atom is -0.390 e. The van der Waals surface area contributed by atoms with Crippen LogP contribution in [0.25, 0.3) is 0 Å². The van der Waals surface area contributed by atoms with E-state index in [0.717, 1.165) is 0 Å². The van der Waals surface area contributed by atoms with Crippen molar-refractivity contribution in [1.82, 2.24) is 5.32 Å². The Morgan fingerprint density at radius 3 is 2.10 bits per heavy atom. The van der Waals surface area contributed by atoms with Crippen molar-refractivity contribution in [3.63, 3.8) is 0 Å². The zero-order valence-corrected chi connectivity index (χ0v) is 6.04. The Hall–Kier alpha value is -0.160. The maximum atomic E-state index is 9.26. The Morgan fingerprint density at radius 1 is 1.40 bits per heavy atom. The van der Waals surface area contributed by atoms with Gasteiger partial charge < -0.3 is 21.3 Å². The third-order valence-corrected chi connectivity index (χ3v) is 2.11. The highest BCUT2D eigenvalue weighted by molar-refractivity contribution is 4.99. The van der Waals surface area contributed by atoms with Crippen LogP contribution in [0.2, 0.25) is 0 Å². The predicted octanol–water partition coefficient (Wildman–Crippen LogP) is -1.97. The number of hydrogen-bond acceptors (Lipinski definition) is 4. The summed E-state index contributed by atoms with van der Waals surface area (Å²) in [4.78, 5) is 0. The van der Waals surface area contributed by atoms with E-state index in [0.29, 0.717) is 13.1 Å². The molecule has 4 nitrogen and oxygen atoms in total. The number of piperidine rings is 1. The molecule has 1 aliphatic heterocycles. The first-order valence-corrected chi connectivity index (χ1v) is 3.41. The van der Waals surface area contributed by atoms with Gasteiger partial charge in [0.25, 0.3) is 0 Å². The molecule has 0 aromatic heterocycles. The summed E-state index contributed by atoms with van der Waals surface area (Å²) in [5.74, 6) is 0. The minimum atomic E-state index is -0.856. The summed E-state index contributed by atoms with van der Waals surface area (Å²) < 4.78 is 0. The van der Waals surface area contributed by atoms with E-state index >= 15 is 0 Å². The van der Waals surface area contributed by atoms with E-state index < -0.39 is 17.7 Å². The summed E-state index contributed by atoms with van der Waals surface area (Å²) in [5, 5.41) is 21.4. The molecule has 0 radical (unpaired) electrons.